The Labute approximate surface area is 186 Å². The van der Waals surface area contributed by atoms with Gasteiger partial charge in [-0.3, -0.25) is 9.59 Å². The molecule has 168 valence electrons. The van der Waals surface area contributed by atoms with E-state index in [1.54, 1.807) is 0 Å². The van der Waals surface area contributed by atoms with Crippen molar-refractivity contribution < 1.29 is 14.3 Å². The van der Waals surface area contributed by atoms with E-state index in [1.807, 2.05) is 22.9 Å². The largest absolute Gasteiger partial charge is 0.381 e. The van der Waals surface area contributed by atoms with Crippen LogP contribution in [-0.4, -0.2) is 61.0 Å². The summed E-state index contributed by atoms with van der Waals surface area (Å²) in [5.74, 6) is 0.990. The van der Waals surface area contributed by atoms with Crippen molar-refractivity contribution in [1.29, 1.82) is 0 Å². The number of benzene rings is 1. The molecular formula is C26H36N2O3. The van der Waals surface area contributed by atoms with E-state index >= 15 is 0 Å². The normalized spacial score (nSPS) is 21.6. The molecule has 2 aliphatic heterocycles. The van der Waals surface area contributed by atoms with E-state index in [4.69, 9.17) is 4.74 Å². The fraction of sp³-hybridized carbons (Fsp3) is 0.615. The first-order valence-corrected chi connectivity index (χ1v) is 12.0. The van der Waals surface area contributed by atoms with Crippen LogP contribution in [0, 0.1) is 11.8 Å². The third kappa shape index (κ3) is 5.38. The first-order valence-electron chi connectivity index (χ1n) is 12.0. The molecule has 3 aliphatic rings. The van der Waals surface area contributed by atoms with Crippen LogP contribution in [0.4, 0.5) is 0 Å². The summed E-state index contributed by atoms with van der Waals surface area (Å²) in [6, 6.07) is 10.7. The van der Waals surface area contributed by atoms with E-state index in [-0.39, 0.29) is 23.8 Å². The van der Waals surface area contributed by atoms with Gasteiger partial charge in [0.05, 0.1) is 0 Å². The van der Waals surface area contributed by atoms with Crippen molar-refractivity contribution in [2.24, 2.45) is 11.8 Å². The first kappa shape index (κ1) is 22.1. The van der Waals surface area contributed by atoms with Crippen molar-refractivity contribution in [2.75, 3.05) is 33.4 Å². The summed E-state index contributed by atoms with van der Waals surface area (Å²) >= 11 is 0. The highest BCUT2D eigenvalue weighted by atomic mass is 16.5. The second-order valence-electron chi connectivity index (χ2n) is 9.34. The van der Waals surface area contributed by atoms with Gasteiger partial charge in [-0.15, -0.1) is 0 Å². The van der Waals surface area contributed by atoms with Gasteiger partial charge in [-0.1, -0.05) is 36.4 Å². The summed E-state index contributed by atoms with van der Waals surface area (Å²) in [5.41, 5.74) is 2.28. The SMILES string of the molecule is CN(C(=O)C1CCOCC1)[C@H](Cc1ccccc1)C1CCN(C(=O)C2=CCCC2)CC1. The van der Waals surface area contributed by atoms with Gasteiger partial charge in [-0.25, -0.2) is 0 Å². The minimum atomic E-state index is 0.0768. The molecule has 2 heterocycles. The smallest absolute Gasteiger partial charge is 0.249 e. The summed E-state index contributed by atoms with van der Waals surface area (Å²) in [7, 11) is 1.99. The minimum Gasteiger partial charge on any atom is -0.381 e. The maximum atomic E-state index is 13.3. The number of likely N-dealkylation sites (tertiary alicyclic amines) is 1. The van der Waals surface area contributed by atoms with Crippen LogP contribution in [0.5, 0.6) is 0 Å². The Morgan fingerprint density at radius 1 is 1.10 bits per heavy atom. The number of hydrogen-bond acceptors (Lipinski definition) is 3. The zero-order chi connectivity index (χ0) is 21.6. The number of piperidine rings is 1. The lowest BCUT2D eigenvalue weighted by molar-refractivity contribution is -0.141. The van der Waals surface area contributed by atoms with E-state index in [0.29, 0.717) is 19.1 Å². The molecule has 0 unspecified atom stereocenters. The second-order valence-corrected chi connectivity index (χ2v) is 9.34. The van der Waals surface area contributed by atoms with Gasteiger partial charge in [0, 0.05) is 50.9 Å². The highest BCUT2D eigenvalue weighted by molar-refractivity contribution is 5.93. The van der Waals surface area contributed by atoms with Crippen molar-refractivity contribution in [3.63, 3.8) is 0 Å². The maximum absolute atomic E-state index is 13.3. The molecule has 5 nitrogen and oxygen atoms in total. The van der Waals surface area contributed by atoms with Gasteiger partial charge in [0.15, 0.2) is 0 Å². The third-order valence-corrected chi connectivity index (χ3v) is 7.39. The van der Waals surface area contributed by atoms with Crippen LogP contribution in [0.2, 0.25) is 0 Å². The number of allylic oxidation sites excluding steroid dienone is 1. The van der Waals surface area contributed by atoms with Crippen LogP contribution in [0.3, 0.4) is 0 Å². The number of ether oxygens (including phenoxy) is 1. The van der Waals surface area contributed by atoms with Crippen molar-refractivity contribution in [1.82, 2.24) is 9.80 Å². The summed E-state index contributed by atoms with van der Waals surface area (Å²) in [6.07, 6.45) is 9.63. The van der Waals surface area contributed by atoms with Gasteiger partial charge in [0.25, 0.3) is 0 Å². The van der Waals surface area contributed by atoms with Gasteiger partial charge in [-0.2, -0.15) is 0 Å². The van der Waals surface area contributed by atoms with Crippen molar-refractivity contribution in [3.05, 3.63) is 47.5 Å². The summed E-state index contributed by atoms with van der Waals surface area (Å²) in [5, 5.41) is 0. The zero-order valence-corrected chi connectivity index (χ0v) is 18.8. The molecule has 0 bridgehead atoms. The second kappa shape index (κ2) is 10.4. The van der Waals surface area contributed by atoms with Gasteiger partial charge >= 0.3 is 0 Å². The van der Waals surface area contributed by atoms with E-state index < -0.39 is 0 Å². The average Bonchev–Trinajstić information content (AvgIpc) is 3.38. The van der Waals surface area contributed by atoms with Crippen molar-refractivity contribution in [2.45, 2.75) is 57.4 Å². The molecule has 31 heavy (non-hydrogen) atoms. The number of nitrogens with zero attached hydrogens (tertiary/aromatic N) is 2. The topological polar surface area (TPSA) is 49.9 Å². The molecule has 0 saturated carbocycles. The fourth-order valence-electron chi connectivity index (χ4n) is 5.43. The Kier molecular flexibility index (Phi) is 7.44. The molecule has 0 aromatic heterocycles. The third-order valence-electron chi connectivity index (χ3n) is 7.39. The number of hydrogen-bond donors (Lipinski definition) is 0. The predicted octanol–water partition coefficient (Wildman–Crippen LogP) is 3.83. The van der Waals surface area contributed by atoms with Gasteiger partial charge in [0.1, 0.15) is 0 Å². The summed E-state index contributed by atoms with van der Waals surface area (Å²) in [4.78, 5) is 30.2. The molecule has 0 radical (unpaired) electrons. The van der Waals surface area contributed by atoms with Crippen LogP contribution >= 0.6 is 0 Å². The minimum absolute atomic E-state index is 0.0768. The molecule has 0 spiro atoms. The standard InChI is InChI=1S/C26H36N2O3/c1-27(25(29)23-13-17-31-18-14-23)24(19-20-7-3-2-4-8-20)21-11-15-28(16-12-21)26(30)22-9-5-6-10-22/h2-4,7-9,21,23-24H,5-6,10-19H2,1H3/t24-/m1/s1. The number of likely N-dealkylation sites (N-methyl/N-ethyl adjacent to an activating group) is 1. The fourth-order valence-corrected chi connectivity index (χ4v) is 5.43. The Bertz CT molecular complexity index is 777. The van der Waals surface area contributed by atoms with Crippen LogP contribution in [0.25, 0.3) is 0 Å². The lowest BCUT2D eigenvalue weighted by atomic mass is 9.84. The van der Waals surface area contributed by atoms with E-state index in [0.717, 1.165) is 70.0 Å². The Balaban J connectivity index is 1.44. The molecule has 2 amide bonds. The van der Waals surface area contributed by atoms with Crippen molar-refractivity contribution >= 4 is 11.8 Å². The number of carbonyl (C=O) groups is 2. The number of carbonyl (C=O) groups excluding carboxylic acids is 2. The van der Waals surface area contributed by atoms with Crippen molar-refractivity contribution in [3.8, 4) is 0 Å². The Morgan fingerprint density at radius 2 is 1.81 bits per heavy atom. The molecule has 1 aromatic carbocycles. The lowest BCUT2D eigenvalue weighted by Crippen LogP contribution is -2.50. The zero-order valence-electron chi connectivity index (χ0n) is 18.8. The summed E-state index contributed by atoms with van der Waals surface area (Å²) < 4.78 is 5.47. The van der Waals surface area contributed by atoms with Crippen LogP contribution in [-0.2, 0) is 20.7 Å². The molecule has 1 aromatic rings. The number of rotatable bonds is 6. The first-order chi connectivity index (χ1) is 15.1. The number of amides is 2. The summed E-state index contributed by atoms with van der Waals surface area (Å²) in [6.45, 7) is 2.96. The molecule has 2 fully saturated rings. The Morgan fingerprint density at radius 3 is 2.45 bits per heavy atom. The van der Waals surface area contributed by atoms with E-state index in [9.17, 15) is 9.59 Å². The predicted molar refractivity (Wildman–Crippen MR) is 121 cm³/mol. The molecule has 0 N–H and O–H groups in total. The molecule has 2 saturated heterocycles. The molecule has 1 aliphatic carbocycles. The maximum Gasteiger partial charge on any atom is 0.249 e. The Hall–Kier alpha value is -2.14. The monoisotopic (exact) mass is 424 g/mol. The molecule has 1 atom stereocenters. The molecular weight excluding hydrogens is 388 g/mol. The van der Waals surface area contributed by atoms with Crippen LogP contribution < -0.4 is 0 Å². The molecule has 5 heteroatoms. The lowest BCUT2D eigenvalue weighted by Gasteiger charge is -2.41. The van der Waals surface area contributed by atoms with E-state index in [1.165, 1.54) is 5.56 Å². The highest BCUT2D eigenvalue weighted by Gasteiger charge is 2.35. The van der Waals surface area contributed by atoms with Crippen LogP contribution in [0.15, 0.2) is 42.0 Å². The van der Waals surface area contributed by atoms with E-state index in [2.05, 4.69) is 30.3 Å². The van der Waals surface area contributed by atoms with Gasteiger partial charge in [-0.05, 0) is 62.8 Å². The average molecular weight is 425 g/mol. The highest BCUT2D eigenvalue weighted by Crippen LogP contribution is 2.30. The van der Waals surface area contributed by atoms with Crippen LogP contribution in [0.1, 0.15) is 50.5 Å². The molecule has 4 rings (SSSR count). The van der Waals surface area contributed by atoms with Gasteiger partial charge < -0.3 is 14.5 Å². The van der Waals surface area contributed by atoms with Gasteiger partial charge in [0.2, 0.25) is 11.8 Å². The quantitative estimate of drug-likeness (QED) is 0.697.